The normalized spacial score (nSPS) is 23.1. The molecule has 3 rings (SSSR count). The zero-order chi connectivity index (χ0) is 21.0. The lowest BCUT2D eigenvalue weighted by Crippen LogP contribution is -2.58. The van der Waals surface area contributed by atoms with E-state index in [2.05, 4.69) is 54.5 Å². The number of methoxy groups -OCH3 is 1. The topological polar surface area (TPSA) is 39.2 Å². The van der Waals surface area contributed by atoms with Gasteiger partial charge >= 0.3 is 0 Å². The van der Waals surface area contributed by atoms with Gasteiger partial charge in [0.05, 0.1) is 7.11 Å². The van der Waals surface area contributed by atoms with Gasteiger partial charge in [0.15, 0.2) is 0 Å². The Kier molecular flexibility index (Phi) is 7.97. The molecule has 0 bridgehead atoms. The Morgan fingerprint density at radius 1 is 1.07 bits per heavy atom. The standard InChI is InChI=1S/C24H41N3O2/c1-18(2)26-11-8-22(9-12-26)27-14-13-25(17-23(27)10-15-28)16-21-6-7-24(29-5)20(4)19(21)3/h6-7,18,22-23,28H,8-17H2,1-5H3. The van der Waals surface area contributed by atoms with Crippen LogP contribution in [-0.2, 0) is 6.54 Å². The molecule has 29 heavy (non-hydrogen) atoms. The van der Waals surface area contributed by atoms with Crippen molar-refractivity contribution in [3.63, 3.8) is 0 Å². The van der Waals surface area contributed by atoms with Crippen molar-refractivity contribution in [3.8, 4) is 5.75 Å². The monoisotopic (exact) mass is 403 g/mol. The fraction of sp³-hybridized carbons (Fsp3) is 0.750. The van der Waals surface area contributed by atoms with Gasteiger partial charge in [-0.1, -0.05) is 6.07 Å². The second-order valence-electron chi connectivity index (χ2n) is 9.18. The number of hydrogen-bond acceptors (Lipinski definition) is 5. The molecule has 1 aromatic rings. The quantitative estimate of drug-likeness (QED) is 0.758. The second-order valence-corrected chi connectivity index (χ2v) is 9.18. The first-order chi connectivity index (χ1) is 13.9. The third-order valence-corrected chi connectivity index (χ3v) is 7.24. The molecule has 5 heteroatoms. The second kappa shape index (κ2) is 10.3. The molecule has 2 saturated heterocycles. The minimum atomic E-state index is 0.278. The number of ether oxygens (including phenoxy) is 1. The molecule has 1 unspecified atom stereocenters. The zero-order valence-corrected chi connectivity index (χ0v) is 19.2. The summed E-state index contributed by atoms with van der Waals surface area (Å²) in [7, 11) is 1.74. The van der Waals surface area contributed by atoms with Crippen LogP contribution in [0.2, 0.25) is 0 Å². The van der Waals surface area contributed by atoms with Gasteiger partial charge in [-0.15, -0.1) is 0 Å². The minimum absolute atomic E-state index is 0.278. The predicted molar refractivity (Wildman–Crippen MR) is 120 cm³/mol. The number of piperazine rings is 1. The first kappa shape index (κ1) is 22.5. The maximum Gasteiger partial charge on any atom is 0.122 e. The maximum atomic E-state index is 9.70. The third-order valence-electron chi connectivity index (χ3n) is 7.24. The van der Waals surface area contributed by atoms with Crippen LogP contribution in [0.3, 0.4) is 0 Å². The van der Waals surface area contributed by atoms with Gasteiger partial charge in [0, 0.05) is 50.9 Å². The van der Waals surface area contributed by atoms with E-state index in [9.17, 15) is 5.11 Å². The fourth-order valence-electron chi connectivity index (χ4n) is 5.18. The number of piperidine rings is 1. The van der Waals surface area contributed by atoms with Gasteiger partial charge in [0.2, 0.25) is 0 Å². The highest BCUT2D eigenvalue weighted by Gasteiger charge is 2.34. The lowest BCUT2D eigenvalue weighted by Gasteiger charge is -2.48. The molecule has 164 valence electrons. The molecule has 1 N–H and O–H groups in total. The Hall–Kier alpha value is -1.14. The average molecular weight is 404 g/mol. The van der Waals surface area contributed by atoms with E-state index in [-0.39, 0.29) is 6.61 Å². The lowest BCUT2D eigenvalue weighted by atomic mass is 9.96. The van der Waals surface area contributed by atoms with Crippen molar-refractivity contribution < 1.29 is 9.84 Å². The van der Waals surface area contributed by atoms with Crippen LogP contribution in [0.25, 0.3) is 0 Å². The lowest BCUT2D eigenvalue weighted by molar-refractivity contribution is -0.0000834. The average Bonchev–Trinajstić information content (AvgIpc) is 2.72. The van der Waals surface area contributed by atoms with Crippen LogP contribution >= 0.6 is 0 Å². The van der Waals surface area contributed by atoms with E-state index in [1.165, 1.54) is 42.6 Å². The molecule has 2 heterocycles. The molecule has 0 aliphatic carbocycles. The number of aliphatic hydroxyl groups excluding tert-OH is 1. The molecule has 1 atom stereocenters. The third kappa shape index (κ3) is 5.32. The van der Waals surface area contributed by atoms with Crippen LogP contribution in [0.4, 0.5) is 0 Å². The summed E-state index contributed by atoms with van der Waals surface area (Å²) in [6, 6.07) is 6.10. The van der Waals surface area contributed by atoms with Crippen molar-refractivity contribution >= 4 is 0 Å². The van der Waals surface area contributed by atoms with E-state index in [0.717, 1.165) is 38.3 Å². The van der Waals surface area contributed by atoms with E-state index in [1.807, 2.05) is 0 Å². The van der Waals surface area contributed by atoms with E-state index in [0.29, 0.717) is 18.1 Å². The summed E-state index contributed by atoms with van der Waals surface area (Å²) in [6.07, 6.45) is 3.40. The Morgan fingerprint density at radius 2 is 1.79 bits per heavy atom. The van der Waals surface area contributed by atoms with Crippen molar-refractivity contribution in [1.29, 1.82) is 0 Å². The van der Waals surface area contributed by atoms with E-state index in [4.69, 9.17) is 4.74 Å². The molecular weight excluding hydrogens is 362 g/mol. The number of aliphatic hydroxyl groups is 1. The molecular formula is C24H41N3O2. The number of rotatable bonds is 7. The molecule has 0 aromatic heterocycles. The molecule has 1 aromatic carbocycles. The highest BCUT2D eigenvalue weighted by molar-refractivity contribution is 5.43. The van der Waals surface area contributed by atoms with Crippen LogP contribution in [0.5, 0.6) is 5.75 Å². The van der Waals surface area contributed by atoms with Crippen LogP contribution in [0, 0.1) is 13.8 Å². The SMILES string of the molecule is COc1ccc(CN2CCN(C3CCN(C(C)C)CC3)C(CCO)C2)c(C)c1C. The van der Waals surface area contributed by atoms with Crippen molar-refractivity contribution in [2.45, 2.75) is 71.6 Å². The summed E-state index contributed by atoms with van der Waals surface area (Å²) in [6.45, 7) is 15.9. The van der Waals surface area contributed by atoms with Crippen LogP contribution in [-0.4, -0.2) is 84.4 Å². The van der Waals surface area contributed by atoms with Crippen molar-refractivity contribution in [1.82, 2.24) is 14.7 Å². The summed E-state index contributed by atoms with van der Waals surface area (Å²) in [5.41, 5.74) is 3.98. The number of likely N-dealkylation sites (tertiary alicyclic amines) is 1. The molecule has 0 saturated carbocycles. The summed E-state index contributed by atoms with van der Waals surface area (Å²) in [5, 5.41) is 9.70. The van der Waals surface area contributed by atoms with Gasteiger partial charge in [0.25, 0.3) is 0 Å². The van der Waals surface area contributed by atoms with E-state index < -0.39 is 0 Å². The molecule has 0 amide bonds. The zero-order valence-electron chi connectivity index (χ0n) is 19.2. The van der Waals surface area contributed by atoms with E-state index >= 15 is 0 Å². The Morgan fingerprint density at radius 3 is 2.41 bits per heavy atom. The number of hydrogen-bond donors (Lipinski definition) is 1. The minimum Gasteiger partial charge on any atom is -0.496 e. The summed E-state index contributed by atoms with van der Waals surface area (Å²) >= 11 is 0. The van der Waals surface area contributed by atoms with Crippen LogP contribution < -0.4 is 4.74 Å². The summed E-state index contributed by atoms with van der Waals surface area (Å²) in [4.78, 5) is 7.90. The highest BCUT2D eigenvalue weighted by Crippen LogP contribution is 2.28. The maximum absolute atomic E-state index is 9.70. The van der Waals surface area contributed by atoms with Gasteiger partial charge in [-0.3, -0.25) is 9.80 Å². The number of nitrogens with zero attached hydrogens (tertiary/aromatic N) is 3. The first-order valence-corrected chi connectivity index (χ1v) is 11.4. The predicted octanol–water partition coefficient (Wildman–Crippen LogP) is 3.05. The van der Waals surface area contributed by atoms with Crippen LogP contribution in [0.1, 0.15) is 49.8 Å². The molecule has 0 radical (unpaired) electrons. The van der Waals surface area contributed by atoms with Gasteiger partial charge in [0.1, 0.15) is 5.75 Å². The van der Waals surface area contributed by atoms with Crippen molar-refractivity contribution in [3.05, 3.63) is 28.8 Å². The Labute approximate surface area is 177 Å². The molecule has 0 spiro atoms. The largest absolute Gasteiger partial charge is 0.496 e. The molecule has 5 nitrogen and oxygen atoms in total. The Bertz CT molecular complexity index is 656. The van der Waals surface area contributed by atoms with Gasteiger partial charge in [-0.25, -0.2) is 0 Å². The first-order valence-electron chi connectivity index (χ1n) is 11.4. The smallest absolute Gasteiger partial charge is 0.122 e. The highest BCUT2D eigenvalue weighted by atomic mass is 16.5. The fourth-order valence-corrected chi connectivity index (χ4v) is 5.18. The Balaban J connectivity index is 1.62. The van der Waals surface area contributed by atoms with Gasteiger partial charge in [-0.05, 0) is 82.8 Å². The molecule has 2 fully saturated rings. The van der Waals surface area contributed by atoms with Gasteiger partial charge in [-0.2, -0.15) is 0 Å². The summed E-state index contributed by atoms with van der Waals surface area (Å²) < 4.78 is 5.47. The number of benzene rings is 1. The van der Waals surface area contributed by atoms with Crippen LogP contribution in [0.15, 0.2) is 12.1 Å². The molecule has 2 aliphatic rings. The van der Waals surface area contributed by atoms with E-state index in [1.54, 1.807) is 7.11 Å². The summed E-state index contributed by atoms with van der Waals surface area (Å²) in [5.74, 6) is 0.974. The van der Waals surface area contributed by atoms with Crippen molar-refractivity contribution in [2.75, 3.05) is 46.4 Å². The van der Waals surface area contributed by atoms with Crippen molar-refractivity contribution in [2.24, 2.45) is 0 Å². The van der Waals surface area contributed by atoms with Gasteiger partial charge < -0.3 is 14.7 Å². The molecule has 2 aliphatic heterocycles.